The SMILES string of the molecule is Cc1ccc(S(=O)(=O)N(CC(=O)N(Cc2ccc(Cl)cc2Cl)C(C)C(=O)NC(C)C)c2cc(C)cc(C)c2)cc1. The quantitative estimate of drug-likeness (QED) is 0.305. The summed E-state index contributed by atoms with van der Waals surface area (Å²) in [5, 5.41) is 3.60. The van der Waals surface area contributed by atoms with Gasteiger partial charge in [0.2, 0.25) is 11.8 Å². The molecule has 0 aliphatic carbocycles. The van der Waals surface area contributed by atoms with Gasteiger partial charge in [-0.2, -0.15) is 0 Å². The maximum absolute atomic E-state index is 14.0. The van der Waals surface area contributed by atoms with Gasteiger partial charge in [-0.1, -0.05) is 53.0 Å². The van der Waals surface area contributed by atoms with E-state index < -0.39 is 28.5 Å². The molecule has 40 heavy (non-hydrogen) atoms. The lowest BCUT2D eigenvalue weighted by molar-refractivity contribution is -0.139. The van der Waals surface area contributed by atoms with Gasteiger partial charge < -0.3 is 10.2 Å². The van der Waals surface area contributed by atoms with Gasteiger partial charge in [-0.25, -0.2) is 8.42 Å². The fraction of sp³-hybridized carbons (Fsp3) is 0.333. The Balaban J connectivity index is 2.09. The summed E-state index contributed by atoms with van der Waals surface area (Å²) in [6.07, 6.45) is 0. The number of rotatable bonds is 10. The molecule has 2 amide bonds. The molecule has 0 saturated carbocycles. The Kier molecular flexibility index (Phi) is 10.3. The minimum atomic E-state index is -4.14. The summed E-state index contributed by atoms with van der Waals surface area (Å²) < 4.78 is 29.0. The summed E-state index contributed by atoms with van der Waals surface area (Å²) in [6.45, 7) is 10.3. The van der Waals surface area contributed by atoms with E-state index in [2.05, 4.69) is 5.32 Å². The highest BCUT2D eigenvalue weighted by molar-refractivity contribution is 7.92. The molecule has 0 fully saturated rings. The maximum Gasteiger partial charge on any atom is 0.264 e. The smallest absolute Gasteiger partial charge is 0.264 e. The third-order valence-corrected chi connectivity index (χ3v) is 8.71. The number of hydrogen-bond acceptors (Lipinski definition) is 4. The number of hydrogen-bond donors (Lipinski definition) is 1. The third kappa shape index (κ3) is 7.77. The second kappa shape index (κ2) is 13.1. The van der Waals surface area contributed by atoms with Crippen LogP contribution in [-0.2, 0) is 26.2 Å². The van der Waals surface area contributed by atoms with E-state index in [4.69, 9.17) is 23.2 Å². The zero-order chi connectivity index (χ0) is 29.8. The normalized spacial score (nSPS) is 12.2. The van der Waals surface area contributed by atoms with E-state index in [0.717, 1.165) is 21.0 Å². The highest BCUT2D eigenvalue weighted by Crippen LogP contribution is 2.28. The number of benzene rings is 3. The Hall–Kier alpha value is -3.07. The van der Waals surface area contributed by atoms with Crippen LogP contribution in [0.2, 0.25) is 10.0 Å². The van der Waals surface area contributed by atoms with Gasteiger partial charge in [0.15, 0.2) is 0 Å². The summed E-state index contributed by atoms with van der Waals surface area (Å²) in [6, 6.07) is 15.7. The molecule has 214 valence electrons. The molecular formula is C30H35Cl2N3O4S. The number of aryl methyl sites for hydroxylation is 3. The molecule has 10 heteroatoms. The van der Waals surface area contributed by atoms with Crippen LogP contribution in [0, 0.1) is 20.8 Å². The maximum atomic E-state index is 14.0. The van der Waals surface area contributed by atoms with Crippen LogP contribution in [0.4, 0.5) is 5.69 Å². The minimum absolute atomic E-state index is 0.0210. The van der Waals surface area contributed by atoms with Gasteiger partial charge in [-0.3, -0.25) is 13.9 Å². The van der Waals surface area contributed by atoms with Crippen LogP contribution in [0.3, 0.4) is 0 Å². The van der Waals surface area contributed by atoms with Crippen LogP contribution in [0.1, 0.15) is 43.0 Å². The fourth-order valence-electron chi connectivity index (χ4n) is 4.28. The first kappa shape index (κ1) is 31.5. The van der Waals surface area contributed by atoms with Crippen molar-refractivity contribution in [2.24, 2.45) is 0 Å². The van der Waals surface area contributed by atoms with E-state index in [9.17, 15) is 18.0 Å². The zero-order valence-corrected chi connectivity index (χ0v) is 25.9. The second-order valence-corrected chi connectivity index (χ2v) is 13.0. The molecule has 3 aromatic rings. The van der Waals surface area contributed by atoms with E-state index >= 15 is 0 Å². The molecule has 3 aromatic carbocycles. The van der Waals surface area contributed by atoms with Gasteiger partial charge in [0.05, 0.1) is 10.6 Å². The van der Waals surface area contributed by atoms with E-state index in [1.165, 1.54) is 17.0 Å². The molecule has 1 unspecified atom stereocenters. The fourth-order valence-corrected chi connectivity index (χ4v) is 6.15. The average Bonchev–Trinajstić information content (AvgIpc) is 2.85. The standard InChI is InChI=1S/C30H35Cl2N3O4S/c1-19(2)33-30(37)23(6)34(17-24-9-10-25(31)16-28(24)32)29(36)18-35(26-14-21(4)13-22(5)15-26)40(38,39)27-11-7-20(3)8-12-27/h7-16,19,23H,17-18H2,1-6H3,(H,33,37). The van der Waals surface area contributed by atoms with Crippen molar-refractivity contribution in [2.75, 3.05) is 10.8 Å². The number of halogens is 2. The Morgan fingerprint density at radius 1 is 0.850 bits per heavy atom. The monoisotopic (exact) mass is 603 g/mol. The Morgan fingerprint density at radius 3 is 2.00 bits per heavy atom. The van der Waals surface area contributed by atoms with Crippen molar-refractivity contribution in [3.05, 3.63) is 93.0 Å². The summed E-state index contributed by atoms with van der Waals surface area (Å²) >= 11 is 12.5. The van der Waals surface area contributed by atoms with Gasteiger partial charge >= 0.3 is 0 Å². The first-order valence-corrected chi connectivity index (χ1v) is 15.1. The number of amides is 2. The second-order valence-electron chi connectivity index (χ2n) is 10.3. The lowest BCUT2D eigenvalue weighted by atomic mass is 10.1. The number of sulfonamides is 1. The van der Waals surface area contributed by atoms with Crippen LogP contribution in [0.25, 0.3) is 0 Å². The summed E-state index contributed by atoms with van der Waals surface area (Å²) in [5.74, 6) is -0.931. The van der Waals surface area contributed by atoms with Crippen molar-refractivity contribution >= 4 is 50.7 Å². The van der Waals surface area contributed by atoms with Gasteiger partial charge in [0.1, 0.15) is 12.6 Å². The molecule has 0 aromatic heterocycles. The number of nitrogens with zero attached hydrogens (tertiary/aromatic N) is 2. The molecule has 1 atom stereocenters. The zero-order valence-electron chi connectivity index (χ0n) is 23.5. The number of anilines is 1. The predicted octanol–water partition coefficient (Wildman–Crippen LogP) is 6.06. The van der Waals surface area contributed by atoms with Crippen LogP contribution in [0.15, 0.2) is 65.6 Å². The molecule has 0 saturated heterocycles. The third-order valence-electron chi connectivity index (χ3n) is 6.34. The van der Waals surface area contributed by atoms with Gasteiger partial charge in [0.25, 0.3) is 10.0 Å². The Morgan fingerprint density at radius 2 is 1.45 bits per heavy atom. The lowest BCUT2D eigenvalue weighted by Gasteiger charge is -2.32. The van der Waals surface area contributed by atoms with Crippen LogP contribution < -0.4 is 9.62 Å². The van der Waals surface area contributed by atoms with E-state index in [-0.39, 0.29) is 23.4 Å². The average molecular weight is 605 g/mol. The molecule has 0 heterocycles. The van der Waals surface area contributed by atoms with E-state index in [0.29, 0.717) is 21.3 Å². The van der Waals surface area contributed by atoms with E-state index in [1.54, 1.807) is 49.4 Å². The van der Waals surface area contributed by atoms with Gasteiger partial charge in [-0.05, 0) is 94.6 Å². The van der Waals surface area contributed by atoms with Crippen LogP contribution in [0.5, 0.6) is 0 Å². The van der Waals surface area contributed by atoms with E-state index in [1.807, 2.05) is 40.7 Å². The van der Waals surface area contributed by atoms with Crippen molar-refractivity contribution in [1.82, 2.24) is 10.2 Å². The largest absolute Gasteiger partial charge is 0.352 e. The Labute approximate surface area is 247 Å². The molecule has 1 N–H and O–H groups in total. The molecule has 7 nitrogen and oxygen atoms in total. The minimum Gasteiger partial charge on any atom is -0.352 e. The molecule has 0 aliphatic heterocycles. The number of nitrogens with one attached hydrogen (secondary N) is 1. The van der Waals surface area contributed by atoms with Crippen LogP contribution in [-0.4, -0.2) is 43.8 Å². The summed E-state index contributed by atoms with van der Waals surface area (Å²) in [4.78, 5) is 28.4. The number of carbonyl (C=O) groups is 2. The molecule has 0 bridgehead atoms. The molecule has 0 radical (unpaired) electrons. The van der Waals surface area contributed by atoms with Crippen molar-refractivity contribution in [3.8, 4) is 0 Å². The molecular weight excluding hydrogens is 569 g/mol. The van der Waals surface area contributed by atoms with Gasteiger partial charge in [0, 0.05) is 22.6 Å². The van der Waals surface area contributed by atoms with Crippen molar-refractivity contribution in [3.63, 3.8) is 0 Å². The Bertz CT molecular complexity index is 1470. The summed E-state index contributed by atoms with van der Waals surface area (Å²) in [7, 11) is -4.14. The first-order valence-electron chi connectivity index (χ1n) is 12.9. The first-order chi connectivity index (χ1) is 18.7. The highest BCUT2D eigenvalue weighted by Gasteiger charge is 2.33. The highest BCUT2D eigenvalue weighted by atomic mass is 35.5. The lowest BCUT2D eigenvalue weighted by Crippen LogP contribution is -2.52. The van der Waals surface area contributed by atoms with Crippen molar-refractivity contribution < 1.29 is 18.0 Å². The molecule has 0 spiro atoms. The number of carbonyl (C=O) groups excluding carboxylic acids is 2. The topological polar surface area (TPSA) is 86.8 Å². The van der Waals surface area contributed by atoms with Crippen molar-refractivity contribution in [2.45, 2.75) is 65.1 Å². The van der Waals surface area contributed by atoms with Crippen molar-refractivity contribution in [1.29, 1.82) is 0 Å². The summed E-state index contributed by atoms with van der Waals surface area (Å²) in [5.41, 5.74) is 3.53. The predicted molar refractivity (Wildman–Crippen MR) is 161 cm³/mol. The van der Waals surface area contributed by atoms with Gasteiger partial charge in [-0.15, -0.1) is 0 Å². The molecule has 0 aliphatic rings. The van der Waals surface area contributed by atoms with Crippen LogP contribution >= 0.6 is 23.2 Å². The molecule has 3 rings (SSSR count).